The van der Waals surface area contributed by atoms with Gasteiger partial charge in [0, 0.05) is 18.0 Å². The summed E-state index contributed by atoms with van der Waals surface area (Å²) in [5, 5.41) is 5.67. The molecule has 11 heteroatoms. The van der Waals surface area contributed by atoms with Gasteiger partial charge in [-0.15, -0.1) is 13.2 Å². The van der Waals surface area contributed by atoms with Crippen LogP contribution in [0.25, 0.3) is 11.1 Å². The fraction of sp³-hybridized carbons (Fsp3) is 0.357. The number of hydrogen-bond donors (Lipinski definition) is 2. The van der Waals surface area contributed by atoms with Crippen LogP contribution in [0.5, 0.6) is 5.75 Å². The van der Waals surface area contributed by atoms with Crippen molar-refractivity contribution >= 4 is 17.8 Å². The normalized spacial score (nSPS) is 12.8. The Kier molecular flexibility index (Phi) is 13.1. The lowest BCUT2D eigenvalue weighted by Crippen LogP contribution is -2.33. The van der Waals surface area contributed by atoms with Crippen molar-refractivity contribution in [1.29, 1.82) is 0 Å². The van der Waals surface area contributed by atoms with Crippen LogP contribution >= 0.6 is 0 Å². The zero-order valence-electron chi connectivity index (χ0n) is 31.0. The highest BCUT2D eigenvalue weighted by molar-refractivity contribution is 5.96. The summed E-state index contributed by atoms with van der Waals surface area (Å²) in [6.45, 7) is 13.2. The molecule has 4 aromatic carbocycles. The molecule has 53 heavy (non-hydrogen) atoms. The van der Waals surface area contributed by atoms with Gasteiger partial charge in [-0.2, -0.15) is 0 Å². The highest BCUT2D eigenvalue weighted by Gasteiger charge is 2.32. The number of esters is 1. The van der Waals surface area contributed by atoms with Crippen LogP contribution in [-0.4, -0.2) is 36.3 Å². The van der Waals surface area contributed by atoms with Gasteiger partial charge in [0.25, 0.3) is 11.8 Å². The molecule has 0 fully saturated rings. The molecule has 0 spiro atoms. The number of amides is 2. The van der Waals surface area contributed by atoms with Gasteiger partial charge in [0.05, 0.1) is 18.0 Å². The molecule has 0 bridgehead atoms. The van der Waals surface area contributed by atoms with Crippen LogP contribution in [0.15, 0.2) is 78.9 Å². The van der Waals surface area contributed by atoms with Gasteiger partial charge in [0.15, 0.2) is 0 Å². The van der Waals surface area contributed by atoms with E-state index in [0.717, 1.165) is 39.9 Å². The molecule has 282 valence electrons. The molecular weight excluding hydrogens is 688 g/mol. The Morgan fingerprint density at radius 3 is 1.94 bits per heavy atom. The Labute approximate surface area is 308 Å². The van der Waals surface area contributed by atoms with Crippen molar-refractivity contribution in [2.24, 2.45) is 0 Å². The van der Waals surface area contributed by atoms with Gasteiger partial charge < -0.3 is 20.1 Å². The second-order valence-corrected chi connectivity index (χ2v) is 14.1. The van der Waals surface area contributed by atoms with Crippen LogP contribution in [0, 0.1) is 26.6 Å². The quantitative estimate of drug-likeness (QED) is 0.105. The third-order valence-corrected chi connectivity index (χ3v) is 8.58. The van der Waals surface area contributed by atoms with Crippen LogP contribution in [0.1, 0.15) is 107 Å². The lowest BCUT2D eigenvalue weighted by molar-refractivity contribution is -0.274. The number of rotatable bonds is 13. The van der Waals surface area contributed by atoms with Crippen molar-refractivity contribution in [1.82, 2.24) is 10.6 Å². The number of halogens is 4. The number of hydrogen-bond acceptors (Lipinski definition) is 5. The molecule has 0 heterocycles. The summed E-state index contributed by atoms with van der Waals surface area (Å²) in [5.41, 5.74) is 5.26. The molecule has 2 atom stereocenters. The molecule has 7 nitrogen and oxygen atoms in total. The van der Waals surface area contributed by atoms with E-state index in [9.17, 15) is 27.6 Å². The van der Waals surface area contributed by atoms with Crippen molar-refractivity contribution in [3.8, 4) is 16.9 Å². The van der Waals surface area contributed by atoms with Gasteiger partial charge in [-0.3, -0.25) is 14.4 Å². The van der Waals surface area contributed by atoms with Gasteiger partial charge in [0.1, 0.15) is 17.2 Å². The second-order valence-electron chi connectivity index (χ2n) is 14.1. The molecule has 2 N–H and O–H groups in total. The van der Waals surface area contributed by atoms with E-state index in [4.69, 9.17) is 4.74 Å². The average molecular weight is 735 g/mol. The summed E-state index contributed by atoms with van der Waals surface area (Å²) in [4.78, 5) is 38.7. The predicted octanol–water partition coefficient (Wildman–Crippen LogP) is 9.83. The molecule has 4 rings (SSSR count). The van der Waals surface area contributed by atoms with Crippen LogP contribution in [0.4, 0.5) is 17.6 Å². The number of carbonyl (C=O) groups excluding carboxylic acids is 3. The Morgan fingerprint density at radius 1 is 0.792 bits per heavy atom. The standard InChI is InChI=1S/C42H46F4N2O5/c1-8-9-33(28-10-12-30(13-11-28)39(50)47-21-20-36(49)53-41(5,6)7)38(29-14-17-32(18-15-29)52-42(44,45)46)48-40(51)34-19-16-31(24-35(34)43)37-26(3)22-25(2)23-27(37)4/h10-19,22-24,33,38H,8-9,20-21H2,1-7H3,(H,47,50)(H,48,51). The first-order chi connectivity index (χ1) is 24.8. The molecule has 0 aromatic heterocycles. The van der Waals surface area contributed by atoms with Crippen molar-refractivity contribution in [2.75, 3.05) is 6.54 Å². The molecule has 0 radical (unpaired) electrons. The Balaban J connectivity index is 1.62. The van der Waals surface area contributed by atoms with Crippen molar-refractivity contribution in [2.45, 2.75) is 91.7 Å². The predicted molar refractivity (Wildman–Crippen MR) is 196 cm³/mol. The minimum Gasteiger partial charge on any atom is -0.460 e. The van der Waals surface area contributed by atoms with Crippen molar-refractivity contribution < 1.29 is 41.4 Å². The van der Waals surface area contributed by atoms with E-state index in [0.29, 0.717) is 29.5 Å². The van der Waals surface area contributed by atoms with Crippen molar-refractivity contribution in [3.63, 3.8) is 0 Å². The Bertz CT molecular complexity index is 1890. The molecule has 0 aliphatic carbocycles. The zero-order valence-corrected chi connectivity index (χ0v) is 31.0. The number of nitrogens with one attached hydrogen (secondary N) is 2. The van der Waals surface area contributed by atoms with E-state index < -0.39 is 53.3 Å². The number of ether oxygens (including phenoxy) is 2. The fourth-order valence-corrected chi connectivity index (χ4v) is 6.49. The SMILES string of the molecule is CCCC(c1ccc(C(=O)NCCC(=O)OC(C)(C)C)cc1)C(NC(=O)c1ccc(-c2c(C)cc(C)cc2C)cc1F)c1ccc(OC(F)(F)F)cc1. The molecule has 0 aliphatic rings. The summed E-state index contributed by atoms with van der Waals surface area (Å²) >= 11 is 0. The van der Waals surface area contributed by atoms with Crippen LogP contribution < -0.4 is 15.4 Å². The molecule has 2 amide bonds. The number of alkyl halides is 3. The zero-order chi connectivity index (χ0) is 39.1. The molecule has 0 saturated heterocycles. The highest BCUT2D eigenvalue weighted by Crippen LogP contribution is 2.37. The lowest BCUT2D eigenvalue weighted by atomic mass is 9.83. The van der Waals surface area contributed by atoms with E-state index in [1.165, 1.54) is 24.3 Å². The number of aryl methyl sites for hydroxylation is 3. The van der Waals surface area contributed by atoms with Gasteiger partial charge >= 0.3 is 12.3 Å². The summed E-state index contributed by atoms with van der Waals surface area (Å²) < 4.78 is 63.9. The molecule has 2 unspecified atom stereocenters. The molecule has 0 aliphatic heterocycles. The van der Waals surface area contributed by atoms with Gasteiger partial charge in [-0.25, -0.2) is 4.39 Å². The fourth-order valence-electron chi connectivity index (χ4n) is 6.49. The van der Waals surface area contributed by atoms with Gasteiger partial charge in [-0.1, -0.05) is 61.4 Å². The third kappa shape index (κ3) is 11.4. The molecular formula is C42H46F4N2O5. The van der Waals surface area contributed by atoms with E-state index in [2.05, 4.69) is 15.4 Å². The van der Waals surface area contributed by atoms with Crippen LogP contribution in [-0.2, 0) is 9.53 Å². The topological polar surface area (TPSA) is 93.7 Å². The van der Waals surface area contributed by atoms with Crippen molar-refractivity contribution in [3.05, 3.63) is 124 Å². The summed E-state index contributed by atoms with van der Waals surface area (Å²) in [6.07, 6.45) is -3.69. The molecule has 4 aromatic rings. The minimum atomic E-state index is -4.89. The van der Waals surface area contributed by atoms with E-state index in [-0.39, 0.29) is 18.5 Å². The highest BCUT2D eigenvalue weighted by atomic mass is 19.4. The summed E-state index contributed by atoms with van der Waals surface area (Å²) in [7, 11) is 0. The van der Waals surface area contributed by atoms with E-state index in [1.54, 1.807) is 51.1 Å². The van der Waals surface area contributed by atoms with Crippen LogP contribution in [0.2, 0.25) is 0 Å². The Morgan fingerprint density at radius 2 is 1.40 bits per heavy atom. The maximum absolute atomic E-state index is 15.7. The van der Waals surface area contributed by atoms with Gasteiger partial charge in [-0.05, 0) is 118 Å². The third-order valence-electron chi connectivity index (χ3n) is 8.58. The summed E-state index contributed by atoms with van der Waals surface area (Å²) in [6, 6.07) is 19.6. The van der Waals surface area contributed by atoms with E-state index >= 15 is 4.39 Å². The second kappa shape index (κ2) is 17.1. The van der Waals surface area contributed by atoms with E-state index in [1.807, 2.05) is 39.8 Å². The lowest BCUT2D eigenvalue weighted by Gasteiger charge is -2.29. The molecule has 0 saturated carbocycles. The average Bonchev–Trinajstić information content (AvgIpc) is 3.05. The Hall–Kier alpha value is -5.19. The first-order valence-electron chi connectivity index (χ1n) is 17.5. The van der Waals surface area contributed by atoms with Gasteiger partial charge in [0.2, 0.25) is 0 Å². The minimum absolute atomic E-state index is 0.00238. The number of benzene rings is 4. The largest absolute Gasteiger partial charge is 0.573 e. The number of carbonyl (C=O) groups is 3. The monoisotopic (exact) mass is 734 g/mol. The smallest absolute Gasteiger partial charge is 0.460 e. The summed E-state index contributed by atoms with van der Waals surface area (Å²) in [5.74, 6) is -3.11. The first-order valence-corrected chi connectivity index (χ1v) is 17.5. The maximum Gasteiger partial charge on any atom is 0.573 e. The first kappa shape index (κ1) is 40.6. The van der Waals surface area contributed by atoms with Crippen LogP contribution in [0.3, 0.4) is 0 Å². The maximum atomic E-state index is 15.7.